The molecule has 2 heterocycles. The van der Waals surface area contributed by atoms with Gasteiger partial charge in [0.2, 0.25) is 5.91 Å². The van der Waals surface area contributed by atoms with E-state index < -0.39 is 11.9 Å². The molecule has 5 rings (SSSR count). The van der Waals surface area contributed by atoms with Crippen molar-refractivity contribution in [1.29, 1.82) is 0 Å². The average molecular weight is 489 g/mol. The van der Waals surface area contributed by atoms with Gasteiger partial charge >= 0.3 is 5.97 Å². The first-order valence-electron chi connectivity index (χ1n) is 11.1. The minimum absolute atomic E-state index is 0.0381. The van der Waals surface area contributed by atoms with Gasteiger partial charge in [-0.15, -0.1) is 0 Å². The first kappa shape index (κ1) is 22.8. The lowest BCUT2D eigenvalue weighted by atomic mass is 10.1. The van der Waals surface area contributed by atoms with E-state index in [4.69, 9.17) is 16.3 Å². The molecule has 0 radical (unpaired) electrons. The maximum Gasteiger partial charge on any atom is 0.316 e. The SMILES string of the molecule is Cc1ccc(N2C[C@@H](C(=O)Oc3ccc(N4C(=O)c5ccccc5C4=O)c(C)c3)CC2=O)cc1Cl. The van der Waals surface area contributed by atoms with E-state index in [1.165, 1.54) is 11.0 Å². The minimum Gasteiger partial charge on any atom is -0.426 e. The average Bonchev–Trinajstić information content (AvgIpc) is 3.34. The third-order valence-corrected chi connectivity index (χ3v) is 6.75. The van der Waals surface area contributed by atoms with Crippen molar-refractivity contribution in [2.75, 3.05) is 16.3 Å². The van der Waals surface area contributed by atoms with E-state index in [-0.39, 0.29) is 36.4 Å². The van der Waals surface area contributed by atoms with E-state index >= 15 is 0 Å². The molecule has 0 saturated carbocycles. The van der Waals surface area contributed by atoms with E-state index in [0.29, 0.717) is 33.1 Å². The van der Waals surface area contributed by atoms with Gasteiger partial charge in [0, 0.05) is 23.7 Å². The van der Waals surface area contributed by atoms with Crippen LogP contribution in [0.15, 0.2) is 60.7 Å². The topological polar surface area (TPSA) is 84.0 Å². The number of carbonyl (C=O) groups is 4. The molecule has 0 aliphatic carbocycles. The summed E-state index contributed by atoms with van der Waals surface area (Å²) in [6, 6.07) is 16.7. The number of ether oxygens (including phenoxy) is 1. The summed E-state index contributed by atoms with van der Waals surface area (Å²) >= 11 is 6.19. The third-order valence-electron chi connectivity index (χ3n) is 6.35. The molecule has 3 amide bonds. The number of halogens is 1. The van der Waals surface area contributed by atoms with Gasteiger partial charge in [0.05, 0.1) is 22.7 Å². The molecule has 1 atom stereocenters. The second-order valence-corrected chi connectivity index (χ2v) is 9.11. The number of amides is 3. The Morgan fingerprint density at radius 2 is 1.60 bits per heavy atom. The van der Waals surface area contributed by atoms with Crippen molar-refractivity contribution in [3.8, 4) is 5.75 Å². The van der Waals surface area contributed by atoms with Gasteiger partial charge in [-0.1, -0.05) is 29.8 Å². The molecule has 0 unspecified atom stereocenters. The zero-order valence-corrected chi connectivity index (χ0v) is 19.8. The number of aryl methyl sites for hydroxylation is 2. The molecular weight excluding hydrogens is 468 g/mol. The lowest BCUT2D eigenvalue weighted by molar-refractivity contribution is -0.139. The Bertz CT molecular complexity index is 1380. The molecule has 8 heteroatoms. The van der Waals surface area contributed by atoms with Gasteiger partial charge in [-0.3, -0.25) is 19.2 Å². The van der Waals surface area contributed by atoms with Crippen molar-refractivity contribution in [3.63, 3.8) is 0 Å². The van der Waals surface area contributed by atoms with Gasteiger partial charge < -0.3 is 9.64 Å². The molecule has 176 valence electrons. The Morgan fingerprint density at radius 3 is 2.23 bits per heavy atom. The molecular formula is C27H21ClN2O5. The number of imide groups is 1. The van der Waals surface area contributed by atoms with E-state index in [9.17, 15) is 19.2 Å². The summed E-state index contributed by atoms with van der Waals surface area (Å²) in [6.45, 7) is 3.81. The largest absolute Gasteiger partial charge is 0.426 e. The summed E-state index contributed by atoms with van der Waals surface area (Å²) in [5.74, 6) is -1.83. The highest BCUT2D eigenvalue weighted by atomic mass is 35.5. The second kappa shape index (κ2) is 8.67. The lowest BCUT2D eigenvalue weighted by Gasteiger charge is -2.18. The molecule has 0 bridgehead atoms. The fourth-order valence-electron chi connectivity index (χ4n) is 4.41. The van der Waals surface area contributed by atoms with Gasteiger partial charge in [-0.25, -0.2) is 4.90 Å². The van der Waals surface area contributed by atoms with Crippen LogP contribution >= 0.6 is 11.6 Å². The summed E-state index contributed by atoms with van der Waals surface area (Å²) in [5.41, 5.74) is 3.29. The maximum atomic E-state index is 12.8. The Balaban J connectivity index is 1.30. The molecule has 0 N–H and O–H groups in total. The van der Waals surface area contributed by atoms with Crippen molar-refractivity contribution in [2.45, 2.75) is 20.3 Å². The quantitative estimate of drug-likeness (QED) is 0.301. The maximum absolute atomic E-state index is 12.8. The number of rotatable bonds is 4. The monoisotopic (exact) mass is 488 g/mol. The molecule has 2 aliphatic rings. The van der Waals surface area contributed by atoms with Crippen LogP contribution in [0.2, 0.25) is 5.02 Å². The minimum atomic E-state index is -0.626. The number of nitrogens with zero attached hydrogens (tertiary/aromatic N) is 2. The van der Waals surface area contributed by atoms with Crippen molar-refractivity contribution < 1.29 is 23.9 Å². The Morgan fingerprint density at radius 1 is 0.914 bits per heavy atom. The van der Waals surface area contributed by atoms with Gasteiger partial charge in [-0.2, -0.15) is 0 Å². The van der Waals surface area contributed by atoms with Crippen LogP contribution in [-0.4, -0.2) is 30.2 Å². The van der Waals surface area contributed by atoms with Crippen molar-refractivity contribution >= 4 is 46.7 Å². The number of hydrogen-bond acceptors (Lipinski definition) is 5. The second-order valence-electron chi connectivity index (χ2n) is 8.70. The highest BCUT2D eigenvalue weighted by Crippen LogP contribution is 2.33. The number of fused-ring (bicyclic) bond motifs is 1. The van der Waals surface area contributed by atoms with E-state index in [2.05, 4.69) is 0 Å². The van der Waals surface area contributed by atoms with Crippen molar-refractivity contribution in [2.24, 2.45) is 5.92 Å². The normalized spacial score (nSPS) is 17.2. The molecule has 3 aromatic rings. The standard InChI is InChI=1S/C27H21ClN2O5/c1-15-7-8-18(13-22(15)28)29-14-17(12-24(29)31)27(34)35-19-9-10-23(16(2)11-19)30-25(32)20-5-3-4-6-21(20)26(30)33/h3-11,13,17H,12,14H2,1-2H3/t17-/m0/s1. The Hall–Kier alpha value is -3.97. The number of esters is 1. The molecule has 1 saturated heterocycles. The Kier molecular flexibility index (Phi) is 5.65. The van der Waals surface area contributed by atoms with Crippen LogP contribution in [0.5, 0.6) is 5.75 Å². The van der Waals surface area contributed by atoms with E-state index in [0.717, 1.165) is 10.5 Å². The van der Waals surface area contributed by atoms with Crippen molar-refractivity contribution in [1.82, 2.24) is 0 Å². The molecule has 35 heavy (non-hydrogen) atoms. The number of hydrogen-bond donors (Lipinski definition) is 0. The van der Waals surface area contributed by atoms with Crippen LogP contribution in [0.3, 0.4) is 0 Å². The highest BCUT2D eigenvalue weighted by Gasteiger charge is 2.38. The molecule has 1 fully saturated rings. The Labute approximate surface area is 206 Å². The van der Waals surface area contributed by atoms with Crippen LogP contribution in [0.25, 0.3) is 0 Å². The van der Waals surface area contributed by atoms with Crippen LogP contribution in [-0.2, 0) is 9.59 Å². The van der Waals surface area contributed by atoms with Crippen LogP contribution in [0, 0.1) is 19.8 Å². The lowest BCUT2D eigenvalue weighted by Crippen LogP contribution is -2.30. The van der Waals surface area contributed by atoms with E-state index in [1.54, 1.807) is 55.5 Å². The predicted octanol–water partition coefficient (Wildman–Crippen LogP) is 4.72. The molecule has 3 aromatic carbocycles. The first-order valence-corrected chi connectivity index (χ1v) is 11.5. The molecule has 0 aromatic heterocycles. The van der Waals surface area contributed by atoms with Crippen LogP contribution < -0.4 is 14.5 Å². The van der Waals surface area contributed by atoms with E-state index in [1.807, 2.05) is 13.0 Å². The van der Waals surface area contributed by atoms with Gasteiger partial charge in [0.1, 0.15) is 5.75 Å². The van der Waals surface area contributed by atoms with Gasteiger partial charge in [0.15, 0.2) is 0 Å². The van der Waals surface area contributed by atoms with Crippen molar-refractivity contribution in [3.05, 3.63) is 87.9 Å². The third kappa shape index (κ3) is 3.98. The molecule has 2 aliphatic heterocycles. The first-order chi connectivity index (χ1) is 16.7. The predicted molar refractivity (Wildman–Crippen MR) is 131 cm³/mol. The summed E-state index contributed by atoms with van der Waals surface area (Å²) < 4.78 is 5.56. The molecule has 0 spiro atoms. The summed E-state index contributed by atoms with van der Waals surface area (Å²) in [4.78, 5) is 53.6. The number of carbonyl (C=O) groups excluding carboxylic acids is 4. The van der Waals surface area contributed by atoms with Crippen LogP contribution in [0.4, 0.5) is 11.4 Å². The van der Waals surface area contributed by atoms with Gasteiger partial charge in [0.25, 0.3) is 11.8 Å². The number of benzene rings is 3. The summed E-state index contributed by atoms with van der Waals surface area (Å²) in [5, 5.41) is 0.551. The summed E-state index contributed by atoms with van der Waals surface area (Å²) in [7, 11) is 0. The zero-order chi connectivity index (χ0) is 24.9. The fraction of sp³-hybridized carbons (Fsp3) is 0.185. The molecule has 7 nitrogen and oxygen atoms in total. The van der Waals surface area contributed by atoms with Gasteiger partial charge in [-0.05, 0) is 67.4 Å². The number of anilines is 2. The highest BCUT2D eigenvalue weighted by molar-refractivity contribution is 6.34. The fourth-order valence-corrected chi connectivity index (χ4v) is 4.59. The van der Waals surface area contributed by atoms with Crippen LogP contribution in [0.1, 0.15) is 38.3 Å². The smallest absolute Gasteiger partial charge is 0.316 e. The zero-order valence-electron chi connectivity index (χ0n) is 19.1. The summed E-state index contributed by atoms with van der Waals surface area (Å²) in [6.07, 6.45) is 0.0381.